The lowest BCUT2D eigenvalue weighted by Crippen LogP contribution is -2.47. The van der Waals surface area contributed by atoms with Crippen molar-refractivity contribution in [2.75, 3.05) is 72.7 Å². The molecule has 0 aromatic heterocycles. The highest BCUT2D eigenvalue weighted by atomic mass is 35.5. The summed E-state index contributed by atoms with van der Waals surface area (Å²) in [5.41, 5.74) is 11.3. The lowest BCUT2D eigenvalue weighted by Gasteiger charge is -2.46. The Morgan fingerprint density at radius 2 is 0.817 bits per heavy atom. The van der Waals surface area contributed by atoms with Crippen LogP contribution in [-0.4, -0.2) is 119 Å². The summed E-state index contributed by atoms with van der Waals surface area (Å²) in [6.45, 7) is 41.0. The maximum absolute atomic E-state index is 15.7. The van der Waals surface area contributed by atoms with Gasteiger partial charge in [0.15, 0.2) is 14.1 Å². The first kappa shape index (κ1) is 109. The van der Waals surface area contributed by atoms with Gasteiger partial charge in [0.1, 0.15) is 29.1 Å². The second-order valence-corrected chi connectivity index (χ2v) is 42.5. The van der Waals surface area contributed by atoms with E-state index >= 15 is 4.39 Å². The van der Waals surface area contributed by atoms with Crippen LogP contribution < -0.4 is 5.73 Å². The molecule has 0 amide bonds. The average molecular weight is 1890 g/mol. The molecule has 0 spiro atoms. The van der Waals surface area contributed by atoms with Crippen molar-refractivity contribution < 1.29 is 89.6 Å². The van der Waals surface area contributed by atoms with Crippen LogP contribution in [0.5, 0.6) is 0 Å². The molecule has 131 heavy (non-hydrogen) atoms. The van der Waals surface area contributed by atoms with Gasteiger partial charge in [-0.3, -0.25) is 9.59 Å². The molecule has 13 rings (SSSR count). The Morgan fingerprint density at radius 3 is 1.18 bits per heavy atom. The van der Waals surface area contributed by atoms with E-state index in [0.717, 1.165) is 118 Å². The van der Waals surface area contributed by atoms with Crippen LogP contribution in [0.4, 0.5) is 22.0 Å². The van der Waals surface area contributed by atoms with E-state index < -0.39 is 48.3 Å². The second kappa shape index (κ2) is 50.3. The summed E-state index contributed by atoms with van der Waals surface area (Å²) in [5.74, 6) is -3.08. The molecule has 0 bridgehead atoms. The number of esters is 1. The maximum atomic E-state index is 15.7. The van der Waals surface area contributed by atoms with Crippen molar-refractivity contribution in [3.63, 3.8) is 0 Å². The number of carbonyl (C=O) groups is 3. The number of hydrogen-bond donors (Lipinski definition) is 5. The molecule has 8 aromatic rings. The zero-order valence-electron chi connectivity index (χ0n) is 79.2. The number of carboxylic acid groups (broad SMARTS) is 1. The minimum absolute atomic E-state index is 0.00728. The van der Waals surface area contributed by atoms with E-state index in [1.807, 2.05) is 79.7 Å². The summed E-state index contributed by atoms with van der Waals surface area (Å²) in [4.78, 5) is 36.7. The van der Waals surface area contributed by atoms with Crippen LogP contribution in [0.2, 0.25) is 34.7 Å². The fraction of sp³-hybridized carbons (Fsp3) is 0.505. The van der Waals surface area contributed by atoms with Gasteiger partial charge in [-0.15, -0.1) is 0 Å². The number of carbonyl (C=O) groups excluding carboxylic acids is 2. The zero-order valence-corrected chi connectivity index (χ0v) is 82.5. The number of rotatable bonds is 27. The van der Waals surface area contributed by atoms with Gasteiger partial charge < -0.3 is 59.0 Å². The lowest BCUT2D eigenvalue weighted by atomic mass is 9.67. The Morgan fingerprint density at radius 1 is 0.466 bits per heavy atom. The molecule has 8 aromatic carbocycles. The molecule has 5 aliphatic heterocycles. The van der Waals surface area contributed by atoms with Gasteiger partial charge in [0.05, 0.1) is 46.1 Å². The van der Waals surface area contributed by atoms with Gasteiger partial charge >= 0.3 is 11.9 Å². The number of aliphatic hydroxyl groups is 3. The number of aromatic carboxylic acids is 1. The minimum Gasteiger partial charge on any atom is -0.478 e. The Labute approximate surface area is 790 Å². The van der Waals surface area contributed by atoms with E-state index in [9.17, 15) is 52.4 Å². The second-order valence-electron chi connectivity index (χ2n) is 36.7. The number of carboxylic acids is 1. The van der Waals surface area contributed by atoms with Crippen molar-refractivity contribution in [1.82, 2.24) is 0 Å². The van der Waals surface area contributed by atoms with Crippen molar-refractivity contribution in [2.45, 2.75) is 239 Å². The molecular formula is C107H139Cl3F5NO14Si. The van der Waals surface area contributed by atoms with Crippen molar-refractivity contribution >= 4 is 66.4 Å². The monoisotopic (exact) mass is 1890 g/mol. The normalized spacial score (nSPS) is 18.2. The Hall–Kier alpha value is -7.55. The van der Waals surface area contributed by atoms with E-state index in [2.05, 4.69) is 46.1 Å². The van der Waals surface area contributed by atoms with Crippen LogP contribution >= 0.6 is 34.8 Å². The standard InChI is InChI=1S/C26H32ClFO4Si.C22H24ClFO3.C16H23FO.2C15H21FO2.C13H18ClNO2/c1-6-26(32-33(3,4)5,19-11-13-31-14-12-19)20-15-22(25(29)30)24(23(28)16-20)17(2)18-7-9-21(27)10-8-18;1-3-22(26,16-8-10-27-11-9-16)17-12-14(2)20(19(24)13-17)21(25)15-4-6-18(23)7-5-15;1-4-16(3,13-5-7-18-8-6-13)14-9-12(2)10-15(17)11-14;2*1-3-15(17,12-4-6-18-7-5-12)13-8-11(2)9-14(16)10-13;1-3-8-17-13(16)9(2)12(15)10-4-6-11(14)7-5-10/h7-10,15-16,19H,2,6,11-14H2,1,3-5H3,(H,29,30);4-7,12-13,16,26H,3,8-11H2,1-2H3;9-11,13H,4-8H2,1-3H3;2*8-10,12,17H,3-7H2,1-2H3;4-7,9,12H,3,8,15H2,1-2H3/t;22-;;;;9-,12-/m.0...0/s1. The smallest absolute Gasteiger partial charge is 0.336 e. The molecule has 716 valence electrons. The third-order valence-corrected chi connectivity index (χ3v) is 28.6. The largest absolute Gasteiger partial charge is 0.478 e. The summed E-state index contributed by atoms with van der Waals surface area (Å²) in [7, 11) is -2.08. The van der Waals surface area contributed by atoms with Gasteiger partial charge in [-0.2, -0.15) is 0 Å². The summed E-state index contributed by atoms with van der Waals surface area (Å²) < 4.78 is 110. The average Bonchev–Trinajstić information content (AvgIpc) is 0.749. The molecule has 0 saturated carbocycles. The molecule has 6 N–H and O–H groups in total. The van der Waals surface area contributed by atoms with E-state index in [4.69, 9.17) is 73.4 Å². The predicted octanol–water partition coefficient (Wildman–Crippen LogP) is 25.6. The fourth-order valence-corrected chi connectivity index (χ4v) is 21.0. The molecule has 24 heteroatoms. The number of aryl methyl sites for hydroxylation is 4. The van der Waals surface area contributed by atoms with E-state index in [1.54, 1.807) is 98.8 Å². The quantitative estimate of drug-likeness (QED) is 0.0140. The number of benzene rings is 8. The van der Waals surface area contributed by atoms with Crippen LogP contribution in [0.25, 0.3) is 5.57 Å². The van der Waals surface area contributed by atoms with Crippen molar-refractivity contribution in [3.05, 3.63) is 286 Å². The van der Waals surface area contributed by atoms with E-state index in [0.29, 0.717) is 151 Å². The summed E-state index contributed by atoms with van der Waals surface area (Å²) in [5, 5.41) is 45.0. The van der Waals surface area contributed by atoms with Crippen LogP contribution in [0.1, 0.15) is 257 Å². The number of hydrogen-bond acceptors (Lipinski definition) is 14. The third kappa shape index (κ3) is 29.0. The highest BCUT2D eigenvalue weighted by molar-refractivity contribution is 6.69. The highest BCUT2D eigenvalue weighted by Gasteiger charge is 2.47. The molecule has 5 saturated heterocycles. The Kier molecular flexibility index (Phi) is 41.8. The van der Waals surface area contributed by atoms with Gasteiger partial charge in [0, 0.05) is 98.3 Å². The van der Waals surface area contributed by atoms with Gasteiger partial charge in [-0.1, -0.05) is 145 Å². The number of ketones is 1. The molecule has 5 heterocycles. The molecule has 0 aliphatic carbocycles. The number of ether oxygens (including phenoxy) is 6. The Balaban J connectivity index is 0.000000198. The Bertz CT molecular complexity index is 4740. The van der Waals surface area contributed by atoms with Crippen molar-refractivity contribution in [1.29, 1.82) is 0 Å². The first-order valence-electron chi connectivity index (χ1n) is 46.5. The number of halogens is 8. The topological polar surface area (TPSA) is 223 Å². The van der Waals surface area contributed by atoms with Gasteiger partial charge in [-0.05, 0) is 355 Å². The molecule has 7 atom stereocenters. The fourth-order valence-electron chi connectivity index (χ4n) is 19.1. The van der Waals surface area contributed by atoms with E-state index in [1.165, 1.54) is 36.4 Å². The summed E-state index contributed by atoms with van der Waals surface area (Å²) >= 11 is 17.6. The molecule has 5 aliphatic rings. The zero-order chi connectivity index (χ0) is 96.3. The van der Waals surface area contributed by atoms with Crippen molar-refractivity contribution in [2.24, 2.45) is 41.2 Å². The van der Waals surface area contributed by atoms with Crippen LogP contribution in [0.3, 0.4) is 0 Å². The van der Waals surface area contributed by atoms with Crippen LogP contribution in [-0.2, 0) is 65.5 Å². The molecule has 5 fully saturated rings. The minimum atomic E-state index is -2.08. The molecule has 15 nitrogen and oxygen atoms in total. The first-order chi connectivity index (χ1) is 62.1. The lowest BCUT2D eigenvalue weighted by molar-refractivity contribution is -0.148. The summed E-state index contributed by atoms with van der Waals surface area (Å²) in [6.07, 6.45) is 12.7. The maximum Gasteiger partial charge on any atom is 0.336 e. The third-order valence-electron chi connectivity index (χ3n) is 26.9. The van der Waals surface area contributed by atoms with E-state index in [-0.39, 0.29) is 86.9 Å². The molecular weight excluding hydrogens is 1750 g/mol. The number of nitrogens with two attached hydrogens (primary N) is 1. The molecule has 4 unspecified atom stereocenters. The van der Waals surface area contributed by atoms with Crippen LogP contribution in [0.15, 0.2) is 158 Å². The van der Waals surface area contributed by atoms with Crippen LogP contribution in [0, 0.1) is 92.3 Å². The van der Waals surface area contributed by atoms with Gasteiger partial charge in [0.2, 0.25) is 0 Å². The van der Waals surface area contributed by atoms with Crippen molar-refractivity contribution in [3.8, 4) is 0 Å². The predicted molar refractivity (Wildman–Crippen MR) is 515 cm³/mol. The molecule has 0 radical (unpaired) electrons. The highest BCUT2D eigenvalue weighted by Crippen LogP contribution is 2.49. The van der Waals surface area contributed by atoms with Gasteiger partial charge in [0.25, 0.3) is 0 Å². The van der Waals surface area contributed by atoms with Gasteiger partial charge in [-0.25, -0.2) is 26.7 Å². The SMILES string of the molecule is C=C(c1ccc(Cl)cc1)c1c(F)cc(C(CC)(O[Si](C)(C)C)C2CCOCC2)cc1C(=O)O.CCC(C)(c1cc(C)cc(F)c1)C1CCOCC1.CCC(O)(c1cc(C)cc(F)c1)C1CCOCC1.CCC(O)(c1cc(C)cc(F)c1)C1CCOCC1.CCCOC(=O)[C@@H](C)[C@H](N)c1ccc(Cl)cc1.CC[C@@](O)(c1cc(C)c(C(=O)c2ccc(Cl)cc2)c(F)c1)C1CCOCC1. The summed E-state index contributed by atoms with van der Waals surface area (Å²) in [6, 6.07) is 41.2. The first-order valence-corrected chi connectivity index (χ1v) is 51.0.